The van der Waals surface area contributed by atoms with Crippen molar-refractivity contribution < 1.29 is 4.79 Å². The molecule has 0 atom stereocenters. The van der Waals surface area contributed by atoms with Crippen LogP contribution in [0.3, 0.4) is 0 Å². The molecule has 0 aromatic carbocycles. The average molecular weight is 192 g/mol. The predicted molar refractivity (Wildman–Crippen MR) is 58.9 cm³/mol. The molecule has 1 nitrogen and oxygen atoms in total. The van der Waals surface area contributed by atoms with Crippen molar-refractivity contribution in [2.45, 2.75) is 58.3 Å². The molecule has 0 aliphatic heterocycles. The Morgan fingerprint density at radius 3 is 2.57 bits per heavy atom. The van der Waals surface area contributed by atoms with Crippen molar-refractivity contribution in [1.82, 2.24) is 0 Å². The molecule has 78 valence electrons. The van der Waals surface area contributed by atoms with Gasteiger partial charge in [0, 0.05) is 18.3 Å². The highest BCUT2D eigenvalue weighted by Gasteiger charge is 2.33. The SMILES string of the molecule is C#CCCCC(=O)C1(C)CCCCC1. The Labute approximate surface area is 87.3 Å². The first-order valence-electron chi connectivity index (χ1n) is 5.66. The molecule has 1 saturated carbocycles. The van der Waals surface area contributed by atoms with Gasteiger partial charge in [-0.2, -0.15) is 0 Å². The van der Waals surface area contributed by atoms with Crippen molar-refractivity contribution in [2.75, 3.05) is 0 Å². The summed E-state index contributed by atoms with van der Waals surface area (Å²) in [6.45, 7) is 2.13. The van der Waals surface area contributed by atoms with Gasteiger partial charge in [-0.25, -0.2) is 0 Å². The van der Waals surface area contributed by atoms with E-state index in [1.165, 1.54) is 19.3 Å². The topological polar surface area (TPSA) is 17.1 Å². The van der Waals surface area contributed by atoms with E-state index < -0.39 is 0 Å². The van der Waals surface area contributed by atoms with E-state index >= 15 is 0 Å². The molecule has 1 heteroatoms. The van der Waals surface area contributed by atoms with E-state index in [9.17, 15) is 4.79 Å². The Balaban J connectivity index is 2.38. The highest BCUT2D eigenvalue weighted by molar-refractivity contribution is 5.84. The van der Waals surface area contributed by atoms with Crippen LogP contribution >= 0.6 is 0 Å². The smallest absolute Gasteiger partial charge is 0.138 e. The van der Waals surface area contributed by atoms with Gasteiger partial charge in [-0.15, -0.1) is 12.3 Å². The van der Waals surface area contributed by atoms with Crippen LogP contribution in [0.4, 0.5) is 0 Å². The highest BCUT2D eigenvalue weighted by atomic mass is 16.1. The molecular formula is C13H20O. The number of rotatable bonds is 4. The first-order valence-corrected chi connectivity index (χ1v) is 5.66. The lowest BCUT2D eigenvalue weighted by Gasteiger charge is -2.32. The molecule has 0 unspecified atom stereocenters. The number of carbonyl (C=O) groups is 1. The minimum Gasteiger partial charge on any atom is -0.299 e. The Morgan fingerprint density at radius 1 is 1.36 bits per heavy atom. The quantitative estimate of drug-likeness (QED) is 0.493. The molecule has 0 bridgehead atoms. The fourth-order valence-electron chi connectivity index (χ4n) is 2.26. The number of hydrogen-bond acceptors (Lipinski definition) is 1. The van der Waals surface area contributed by atoms with Crippen LogP contribution in [-0.2, 0) is 4.79 Å². The first kappa shape index (κ1) is 11.3. The van der Waals surface area contributed by atoms with Gasteiger partial charge in [-0.1, -0.05) is 26.2 Å². The van der Waals surface area contributed by atoms with Gasteiger partial charge in [0.05, 0.1) is 0 Å². The zero-order valence-corrected chi connectivity index (χ0v) is 9.14. The van der Waals surface area contributed by atoms with Gasteiger partial charge in [0.2, 0.25) is 0 Å². The predicted octanol–water partition coefficient (Wildman–Crippen LogP) is 3.33. The van der Waals surface area contributed by atoms with E-state index in [1.807, 2.05) is 0 Å². The summed E-state index contributed by atoms with van der Waals surface area (Å²) in [6.07, 6.45) is 13.4. The van der Waals surface area contributed by atoms with Crippen molar-refractivity contribution in [3.05, 3.63) is 0 Å². The molecule has 0 aromatic rings. The highest BCUT2D eigenvalue weighted by Crippen LogP contribution is 2.37. The third-order valence-electron chi connectivity index (χ3n) is 3.36. The minimum absolute atomic E-state index is 0.0210. The van der Waals surface area contributed by atoms with Gasteiger partial charge < -0.3 is 0 Å². The summed E-state index contributed by atoms with van der Waals surface area (Å²) in [7, 11) is 0. The summed E-state index contributed by atoms with van der Waals surface area (Å²) in [5, 5.41) is 0. The van der Waals surface area contributed by atoms with Gasteiger partial charge >= 0.3 is 0 Å². The molecule has 0 N–H and O–H groups in total. The maximum absolute atomic E-state index is 11.9. The van der Waals surface area contributed by atoms with Gasteiger partial charge in [-0.05, 0) is 19.3 Å². The minimum atomic E-state index is -0.0210. The summed E-state index contributed by atoms with van der Waals surface area (Å²) in [5.41, 5.74) is -0.0210. The first-order chi connectivity index (χ1) is 6.69. The summed E-state index contributed by atoms with van der Waals surface area (Å²) in [5.74, 6) is 3.02. The summed E-state index contributed by atoms with van der Waals surface area (Å²) in [4.78, 5) is 11.9. The molecule has 0 saturated heterocycles. The fourth-order valence-corrected chi connectivity index (χ4v) is 2.26. The lowest BCUT2D eigenvalue weighted by atomic mass is 9.71. The monoisotopic (exact) mass is 192 g/mol. The maximum Gasteiger partial charge on any atom is 0.138 e. The molecule has 0 amide bonds. The van der Waals surface area contributed by atoms with E-state index in [4.69, 9.17) is 6.42 Å². The third kappa shape index (κ3) is 2.87. The molecule has 1 aliphatic rings. The zero-order valence-electron chi connectivity index (χ0n) is 9.14. The van der Waals surface area contributed by atoms with Crippen LogP contribution in [0.25, 0.3) is 0 Å². The molecule has 0 radical (unpaired) electrons. The number of Topliss-reactive ketones (excluding diaryl/α,β-unsaturated/α-hetero) is 1. The Bertz CT molecular complexity index is 228. The number of unbranched alkanes of at least 4 members (excludes halogenated alkanes) is 1. The molecule has 0 aromatic heterocycles. The van der Waals surface area contributed by atoms with Crippen molar-refractivity contribution >= 4 is 5.78 Å². The van der Waals surface area contributed by atoms with E-state index in [0.717, 1.165) is 25.7 Å². The fraction of sp³-hybridized carbons (Fsp3) is 0.769. The number of hydrogen-bond donors (Lipinski definition) is 0. The van der Waals surface area contributed by atoms with Crippen LogP contribution < -0.4 is 0 Å². The molecule has 1 fully saturated rings. The molecule has 1 aliphatic carbocycles. The number of carbonyl (C=O) groups excluding carboxylic acids is 1. The second kappa shape index (κ2) is 5.20. The summed E-state index contributed by atoms with van der Waals surface area (Å²) < 4.78 is 0. The maximum atomic E-state index is 11.9. The van der Waals surface area contributed by atoms with Gasteiger partial charge in [0.25, 0.3) is 0 Å². The number of ketones is 1. The second-order valence-corrected chi connectivity index (χ2v) is 4.60. The molecular weight excluding hydrogens is 172 g/mol. The van der Waals surface area contributed by atoms with Crippen molar-refractivity contribution in [3.63, 3.8) is 0 Å². The molecule has 0 spiro atoms. The van der Waals surface area contributed by atoms with E-state index in [0.29, 0.717) is 12.2 Å². The van der Waals surface area contributed by atoms with Gasteiger partial charge in [0.1, 0.15) is 5.78 Å². The van der Waals surface area contributed by atoms with Crippen molar-refractivity contribution in [2.24, 2.45) is 5.41 Å². The Kier molecular flexibility index (Phi) is 4.20. The normalized spacial score (nSPS) is 20.0. The Hall–Kier alpha value is -0.770. The largest absolute Gasteiger partial charge is 0.299 e. The van der Waals surface area contributed by atoms with Crippen molar-refractivity contribution in [3.8, 4) is 12.3 Å². The Morgan fingerprint density at radius 2 is 2.00 bits per heavy atom. The lowest BCUT2D eigenvalue weighted by molar-refractivity contribution is -0.129. The van der Waals surface area contributed by atoms with E-state index in [-0.39, 0.29) is 5.41 Å². The lowest BCUT2D eigenvalue weighted by Crippen LogP contribution is -2.30. The standard InChI is InChI=1S/C13H20O/c1-3-4-6-9-12(14)13(2)10-7-5-8-11-13/h1H,4-11H2,2H3. The van der Waals surface area contributed by atoms with Gasteiger partial charge in [0.15, 0.2) is 0 Å². The van der Waals surface area contributed by atoms with Crippen LogP contribution in [0.15, 0.2) is 0 Å². The van der Waals surface area contributed by atoms with Crippen LogP contribution in [0.2, 0.25) is 0 Å². The van der Waals surface area contributed by atoms with Crippen LogP contribution in [-0.4, -0.2) is 5.78 Å². The van der Waals surface area contributed by atoms with Gasteiger partial charge in [-0.3, -0.25) is 4.79 Å². The third-order valence-corrected chi connectivity index (χ3v) is 3.36. The molecule has 1 rings (SSSR count). The van der Waals surface area contributed by atoms with Crippen LogP contribution in [0, 0.1) is 17.8 Å². The molecule has 0 heterocycles. The summed E-state index contributed by atoms with van der Waals surface area (Å²) >= 11 is 0. The summed E-state index contributed by atoms with van der Waals surface area (Å²) in [6, 6.07) is 0. The zero-order chi connectivity index (χ0) is 10.4. The molecule has 14 heavy (non-hydrogen) atoms. The van der Waals surface area contributed by atoms with Crippen molar-refractivity contribution in [1.29, 1.82) is 0 Å². The van der Waals surface area contributed by atoms with E-state index in [1.54, 1.807) is 0 Å². The average Bonchev–Trinajstić information content (AvgIpc) is 2.19. The van der Waals surface area contributed by atoms with Crippen LogP contribution in [0.5, 0.6) is 0 Å². The number of terminal acetylenes is 1. The second-order valence-electron chi connectivity index (χ2n) is 4.60. The van der Waals surface area contributed by atoms with Crippen LogP contribution in [0.1, 0.15) is 58.3 Å². The van der Waals surface area contributed by atoms with E-state index in [2.05, 4.69) is 12.8 Å².